The number of nitrogens with zero attached hydrogens (tertiary/aromatic N) is 1. The molecule has 1 amide bonds. The fraction of sp³-hybridized carbons (Fsp3) is 0. The smallest absolute Gasteiger partial charge is 0.265 e. The van der Waals surface area contributed by atoms with Gasteiger partial charge in [-0.05, 0) is 30.3 Å². The quantitative estimate of drug-likeness (QED) is 0.904. The van der Waals surface area contributed by atoms with Crippen LogP contribution in [0.3, 0.4) is 0 Å². The van der Waals surface area contributed by atoms with Gasteiger partial charge < -0.3 is 5.32 Å². The van der Waals surface area contributed by atoms with Crippen LogP contribution in [-0.2, 0) is 0 Å². The molecule has 0 aliphatic carbocycles. The van der Waals surface area contributed by atoms with Gasteiger partial charge in [0.2, 0.25) is 0 Å². The van der Waals surface area contributed by atoms with Gasteiger partial charge in [-0.1, -0.05) is 23.2 Å². The normalized spacial score (nSPS) is 9.83. The number of carbonyl (C=O) groups is 1. The van der Waals surface area contributed by atoms with Crippen molar-refractivity contribution >= 4 is 46.1 Å². The zero-order valence-electron chi connectivity index (χ0n) is 8.91. The lowest BCUT2D eigenvalue weighted by molar-refractivity contribution is 0.103. The number of benzene rings is 1. The van der Waals surface area contributed by atoms with Crippen molar-refractivity contribution in [3.8, 4) is 6.07 Å². The van der Waals surface area contributed by atoms with Crippen molar-refractivity contribution in [2.24, 2.45) is 0 Å². The second kappa shape index (κ2) is 5.40. The molecule has 0 fully saturated rings. The van der Waals surface area contributed by atoms with Crippen LogP contribution in [0.15, 0.2) is 30.3 Å². The number of nitriles is 1. The van der Waals surface area contributed by atoms with Gasteiger partial charge in [-0.2, -0.15) is 5.26 Å². The van der Waals surface area contributed by atoms with Crippen molar-refractivity contribution < 1.29 is 4.79 Å². The van der Waals surface area contributed by atoms with Crippen LogP contribution in [-0.4, -0.2) is 5.91 Å². The van der Waals surface area contributed by atoms with Crippen LogP contribution < -0.4 is 5.32 Å². The largest absolute Gasteiger partial charge is 0.320 e. The number of hydrogen-bond donors (Lipinski definition) is 1. The van der Waals surface area contributed by atoms with Crippen LogP contribution in [0.1, 0.15) is 15.2 Å². The fourth-order valence-corrected chi connectivity index (χ4v) is 2.47. The second-order valence-electron chi connectivity index (χ2n) is 3.36. The Morgan fingerprint density at radius 2 is 2.06 bits per heavy atom. The standard InChI is InChI=1S/C12H6Cl2N2OS/c13-8-5-7(6-15)1-2-9(8)16-12(17)10-3-4-11(14)18-10/h1-5H,(H,16,17). The summed E-state index contributed by atoms with van der Waals surface area (Å²) in [4.78, 5) is 12.4. The van der Waals surface area contributed by atoms with E-state index in [4.69, 9.17) is 28.5 Å². The minimum absolute atomic E-state index is 0.279. The number of rotatable bonds is 2. The predicted molar refractivity (Wildman–Crippen MR) is 73.4 cm³/mol. The summed E-state index contributed by atoms with van der Waals surface area (Å²) in [6.07, 6.45) is 0. The molecule has 0 aliphatic rings. The third-order valence-electron chi connectivity index (χ3n) is 2.14. The van der Waals surface area contributed by atoms with E-state index in [1.165, 1.54) is 17.4 Å². The Morgan fingerprint density at radius 1 is 1.28 bits per heavy atom. The lowest BCUT2D eigenvalue weighted by atomic mass is 10.2. The number of hydrogen-bond acceptors (Lipinski definition) is 3. The first-order valence-electron chi connectivity index (χ1n) is 4.86. The predicted octanol–water partition coefficient (Wildman–Crippen LogP) is 4.18. The van der Waals surface area contributed by atoms with Crippen LogP contribution in [0, 0.1) is 11.3 Å². The van der Waals surface area contributed by atoms with Crippen molar-refractivity contribution in [2.75, 3.05) is 5.32 Å². The Labute approximate surface area is 118 Å². The Hall–Kier alpha value is -1.54. The van der Waals surface area contributed by atoms with Gasteiger partial charge in [-0.25, -0.2) is 0 Å². The van der Waals surface area contributed by atoms with Crippen LogP contribution in [0.4, 0.5) is 5.69 Å². The molecule has 0 saturated carbocycles. The lowest BCUT2D eigenvalue weighted by Gasteiger charge is -2.05. The Bertz CT molecular complexity index is 646. The minimum atomic E-state index is -0.279. The summed E-state index contributed by atoms with van der Waals surface area (Å²) in [5, 5.41) is 11.7. The first-order chi connectivity index (χ1) is 8.60. The molecule has 1 N–H and O–H groups in total. The maximum atomic E-state index is 11.9. The van der Waals surface area contributed by atoms with Gasteiger partial charge in [0.15, 0.2) is 0 Å². The first kappa shape index (κ1) is 12.9. The molecule has 0 aliphatic heterocycles. The second-order valence-corrected chi connectivity index (χ2v) is 5.49. The van der Waals surface area contributed by atoms with E-state index in [0.29, 0.717) is 25.5 Å². The highest BCUT2D eigenvalue weighted by Gasteiger charge is 2.11. The Morgan fingerprint density at radius 3 is 2.61 bits per heavy atom. The molecule has 3 nitrogen and oxygen atoms in total. The van der Waals surface area contributed by atoms with Gasteiger partial charge in [0.25, 0.3) is 5.91 Å². The number of halogens is 2. The van der Waals surface area contributed by atoms with Gasteiger partial charge in [0.05, 0.1) is 31.6 Å². The summed E-state index contributed by atoms with van der Waals surface area (Å²) < 4.78 is 0.547. The summed E-state index contributed by atoms with van der Waals surface area (Å²) in [6, 6.07) is 9.94. The summed E-state index contributed by atoms with van der Waals surface area (Å²) in [5.74, 6) is -0.279. The molecule has 1 heterocycles. The molecule has 0 spiro atoms. The molecule has 90 valence electrons. The van der Waals surface area contributed by atoms with E-state index in [-0.39, 0.29) is 5.91 Å². The van der Waals surface area contributed by atoms with Gasteiger partial charge in [0, 0.05) is 0 Å². The van der Waals surface area contributed by atoms with Crippen LogP contribution in [0.2, 0.25) is 9.36 Å². The molecule has 0 radical (unpaired) electrons. The van der Waals surface area contributed by atoms with Crippen LogP contribution >= 0.6 is 34.5 Å². The third kappa shape index (κ3) is 2.82. The molecular formula is C12H6Cl2N2OS. The average Bonchev–Trinajstić information content (AvgIpc) is 2.78. The molecule has 6 heteroatoms. The van der Waals surface area contributed by atoms with Crippen molar-refractivity contribution in [1.82, 2.24) is 0 Å². The Kier molecular flexibility index (Phi) is 3.87. The highest BCUT2D eigenvalue weighted by molar-refractivity contribution is 7.18. The van der Waals surface area contributed by atoms with Crippen LogP contribution in [0.5, 0.6) is 0 Å². The number of nitrogens with one attached hydrogen (secondary N) is 1. The number of thiophene rings is 1. The maximum Gasteiger partial charge on any atom is 0.265 e. The summed E-state index contributed by atoms with van der Waals surface area (Å²) in [6.45, 7) is 0. The summed E-state index contributed by atoms with van der Waals surface area (Å²) >= 11 is 12.9. The van der Waals surface area contributed by atoms with Crippen molar-refractivity contribution in [3.63, 3.8) is 0 Å². The molecule has 1 aromatic heterocycles. The van der Waals surface area contributed by atoms with Gasteiger partial charge in [0.1, 0.15) is 0 Å². The van der Waals surface area contributed by atoms with E-state index in [2.05, 4.69) is 5.32 Å². The van der Waals surface area contributed by atoms with E-state index in [1.807, 2.05) is 6.07 Å². The van der Waals surface area contributed by atoms with Crippen molar-refractivity contribution in [3.05, 3.63) is 50.1 Å². The molecule has 1 aromatic carbocycles. The first-order valence-corrected chi connectivity index (χ1v) is 6.44. The van der Waals surface area contributed by atoms with Crippen molar-refractivity contribution in [2.45, 2.75) is 0 Å². The van der Waals surface area contributed by atoms with Gasteiger partial charge in [-0.3, -0.25) is 4.79 Å². The van der Waals surface area contributed by atoms with Gasteiger partial charge in [-0.15, -0.1) is 11.3 Å². The topological polar surface area (TPSA) is 52.9 Å². The van der Waals surface area contributed by atoms with E-state index in [1.54, 1.807) is 24.3 Å². The summed E-state index contributed by atoms with van der Waals surface area (Å²) in [5.41, 5.74) is 0.905. The molecule has 0 atom stereocenters. The number of amides is 1. The monoisotopic (exact) mass is 296 g/mol. The number of anilines is 1. The highest BCUT2D eigenvalue weighted by atomic mass is 35.5. The van der Waals surface area contributed by atoms with Gasteiger partial charge >= 0.3 is 0 Å². The molecule has 0 saturated heterocycles. The molecular weight excluding hydrogens is 291 g/mol. The van der Waals surface area contributed by atoms with E-state index >= 15 is 0 Å². The van der Waals surface area contributed by atoms with E-state index in [0.717, 1.165) is 0 Å². The zero-order valence-corrected chi connectivity index (χ0v) is 11.2. The minimum Gasteiger partial charge on any atom is -0.320 e. The fourth-order valence-electron chi connectivity index (χ4n) is 1.31. The highest BCUT2D eigenvalue weighted by Crippen LogP contribution is 2.26. The average molecular weight is 297 g/mol. The van der Waals surface area contributed by atoms with E-state index in [9.17, 15) is 4.79 Å². The van der Waals surface area contributed by atoms with Crippen LogP contribution in [0.25, 0.3) is 0 Å². The molecule has 2 aromatic rings. The van der Waals surface area contributed by atoms with E-state index < -0.39 is 0 Å². The van der Waals surface area contributed by atoms with Crippen molar-refractivity contribution in [1.29, 1.82) is 5.26 Å². The number of carbonyl (C=O) groups excluding carboxylic acids is 1. The maximum absolute atomic E-state index is 11.9. The molecule has 0 unspecified atom stereocenters. The third-order valence-corrected chi connectivity index (χ3v) is 3.69. The lowest BCUT2D eigenvalue weighted by Crippen LogP contribution is -2.10. The molecule has 18 heavy (non-hydrogen) atoms. The molecule has 2 rings (SSSR count). The molecule has 0 bridgehead atoms. The zero-order chi connectivity index (χ0) is 13.1. The summed E-state index contributed by atoms with van der Waals surface area (Å²) in [7, 11) is 0. The Balaban J connectivity index is 2.20. The SMILES string of the molecule is N#Cc1ccc(NC(=O)c2ccc(Cl)s2)c(Cl)c1.